The third-order valence-electron chi connectivity index (χ3n) is 1.82. The van der Waals surface area contributed by atoms with Gasteiger partial charge in [0.2, 0.25) is 0 Å². The van der Waals surface area contributed by atoms with Gasteiger partial charge in [0.25, 0.3) is 0 Å². The van der Waals surface area contributed by atoms with E-state index in [0.29, 0.717) is 5.39 Å². The molecular formula is C9H7FOS2. The molecule has 0 amide bonds. The maximum atomic E-state index is 13.1. The fourth-order valence-corrected chi connectivity index (χ4v) is 2.60. The van der Waals surface area contributed by atoms with Crippen molar-refractivity contribution in [1.82, 2.24) is 0 Å². The van der Waals surface area contributed by atoms with Crippen molar-refractivity contribution in [2.45, 2.75) is 4.90 Å². The van der Waals surface area contributed by atoms with Crippen LogP contribution in [0.5, 0.6) is 5.75 Å². The van der Waals surface area contributed by atoms with Gasteiger partial charge in [-0.1, -0.05) is 0 Å². The second-order valence-corrected chi connectivity index (χ2v) is 4.39. The molecule has 0 aliphatic rings. The Hall–Kier alpha value is -0.740. The lowest BCUT2D eigenvalue weighted by Crippen LogP contribution is -1.74. The second-order valence-electron chi connectivity index (χ2n) is 2.60. The van der Waals surface area contributed by atoms with Crippen LogP contribution in [0, 0.1) is 5.82 Å². The first-order chi connectivity index (χ1) is 6.22. The van der Waals surface area contributed by atoms with Crippen LogP contribution in [0.1, 0.15) is 0 Å². The summed E-state index contributed by atoms with van der Waals surface area (Å²) in [5.74, 6) is -0.314. The molecule has 0 aliphatic carbocycles. The van der Waals surface area contributed by atoms with Crippen LogP contribution in [0.2, 0.25) is 0 Å². The highest BCUT2D eigenvalue weighted by Crippen LogP contribution is 2.35. The number of hydrogen-bond donors (Lipinski definition) is 1. The van der Waals surface area contributed by atoms with Crippen molar-refractivity contribution in [2.24, 2.45) is 0 Å². The number of phenols is 1. The van der Waals surface area contributed by atoms with Gasteiger partial charge in [0.05, 0.1) is 5.39 Å². The first-order valence-electron chi connectivity index (χ1n) is 3.66. The van der Waals surface area contributed by atoms with E-state index >= 15 is 0 Å². The van der Waals surface area contributed by atoms with Crippen molar-refractivity contribution >= 4 is 33.2 Å². The zero-order valence-corrected chi connectivity index (χ0v) is 8.51. The van der Waals surface area contributed by atoms with Gasteiger partial charge in [-0.2, -0.15) is 0 Å². The molecule has 0 atom stereocenters. The highest BCUT2D eigenvalue weighted by Gasteiger charge is 2.09. The molecule has 4 heteroatoms. The van der Waals surface area contributed by atoms with Crippen LogP contribution in [0.3, 0.4) is 0 Å². The van der Waals surface area contributed by atoms with Gasteiger partial charge in [-0.3, -0.25) is 0 Å². The molecule has 68 valence electrons. The van der Waals surface area contributed by atoms with Gasteiger partial charge in [0.15, 0.2) is 0 Å². The number of rotatable bonds is 1. The molecule has 0 radical (unpaired) electrons. The molecule has 0 saturated heterocycles. The Morgan fingerprint density at radius 2 is 2.23 bits per heavy atom. The van der Waals surface area contributed by atoms with Crippen LogP contribution in [0.4, 0.5) is 4.39 Å². The summed E-state index contributed by atoms with van der Waals surface area (Å²) in [5, 5.41) is 11.3. The number of hydrogen-bond acceptors (Lipinski definition) is 3. The Labute approximate surface area is 83.2 Å². The minimum absolute atomic E-state index is 0.0283. The molecule has 0 bridgehead atoms. The quantitative estimate of drug-likeness (QED) is 0.733. The summed E-state index contributed by atoms with van der Waals surface area (Å²) in [6, 6.07) is 3.47. The van der Waals surface area contributed by atoms with Crippen molar-refractivity contribution in [3.05, 3.63) is 23.3 Å². The van der Waals surface area contributed by atoms with Crippen LogP contribution in [-0.2, 0) is 0 Å². The van der Waals surface area contributed by atoms with E-state index in [2.05, 4.69) is 0 Å². The lowest BCUT2D eigenvalue weighted by Gasteiger charge is -1.99. The monoisotopic (exact) mass is 214 g/mol. The van der Waals surface area contributed by atoms with Gasteiger partial charge in [-0.05, 0) is 18.4 Å². The molecule has 0 spiro atoms. The number of phenolic OH excluding ortho intramolecular Hbond substituents is 1. The Morgan fingerprint density at radius 1 is 1.46 bits per heavy atom. The Bertz CT molecular complexity index is 450. The smallest absolute Gasteiger partial charge is 0.145 e. The number of aromatic hydroxyl groups is 1. The molecule has 0 aliphatic heterocycles. The summed E-state index contributed by atoms with van der Waals surface area (Å²) in [7, 11) is 0. The van der Waals surface area contributed by atoms with Crippen molar-refractivity contribution in [3.8, 4) is 5.75 Å². The number of benzene rings is 1. The first-order valence-corrected chi connectivity index (χ1v) is 5.76. The van der Waals surface area contributed by atoms with Gasteiger partial charge in [-0.15, -0.1) is 23.1 Å². The maximum absolute atomic E-state index is 13.1. The van der Waals surface area contributed by atoms with Crippen LogP contribution in [0.15, 0.2) is 22.4 Å². The maximum Gasteiger partial charge on any atom is 0.145 e. The molecule has 13 heavy (non-hydrogen) atoms. The lowest BCUT2D eigenvalue weighted by molar-refractivity contribution is 0.477. The Balaban J connectivity index is 2.79. The summed E-state index contributed by atoms with van der Waals surface area (Å²) in [6.07, 6.45) is 1.92. The topological polar surface area (TPSA) is 20.2 Å². The second kappa shape index (κ2) is 3.20. The van der Waals surface area contributed by atoms with Crippen LogP contribution in [-0.4, -0.2) is 11.4 Å². The van der Waals surface area contributed by atoms with Gasteiger partial charge in [-0.25, -0.2) is 4.39 Å². The predicted octanol–water partition coefficient (Wildman–Crippen LogP) is 3.47. The van der Waals surface area contributed by atoms with E-state index < -0.39 is 0 Å². The van der Waals surface area contributed by atoms with Crippen LogP contribution >= 0.6 is 23.1 Å². The van der Waals surface area contributed by atoms with Crippen molar-refractivity contribution < 1.29 is 9.50 Å². The summed E-state index contributed by atoms with van der Waals surface area (Å²) < 4.78 is 13.9. The number of halogens is 1. The molecule has 1 nitrogen and oxygen atoms in total. The lowest BCUT2D eigenvalue weighted by atomic mass is 10.2. The molecular weight excluding hydrogens is 207 g/mol. The van der Waals surface area contributed by atoms with Gasteiger partial charge >= 0.3 is 0 Å². The van der Waals surface area contributed by atoms with Crippen molar-refractivity contribution in [2.75, 3.05) is 6.26 Å². The highest BCUT2D eigenvalue weighted by molar-refractivity contribution is 7.98. The average Bonchev–Trinajstić information content (AvgIpc) is 2.48. The molecule has 2 aromatic rings. The van der Waals surface area contributed by atoms with Crippen molar-refractivity contribution in [1.29, 1.82) is 0 Å². The van der Waals surface area contributed by atoms with E-state index in [0.717, 1.165) is 9.60 Å². The molecule has 0 saturated carbocycles. The van der Waals surface area contributed by atoms with E-state index in [1.54, 1.807) is 6.07 Å². The van der Waals surface area contributed by atoms with E-state index in [-0.39, 0.29) is 11.6 Å². The third kappa shape index (κ3) is 1.40. The standard InChI is InChI=1S/C9H7FOS2/c1-12-5-2-7(11)9-6(10)4-13-8(9)3-5/h2-4,11H,1H3. The van der Waals surface area contributed by atoms with E-state index in [1.807, 2.05) is 12.3 Å². The summed E-state index contributed by atoms with van der Waals surface area (Å²) in [6.45, 7) is 0. The summed E-state index contributed by atoms with van der Waals surface area (Å²) in [5.41, 5.74) is 0. The van der Waals surface area contributed by atoms with E-state index in [1.165, 1.54) is 28.5 Å². The minimum atomic E-state index is -0.342. The van der Waals surface area contributed by atoms with Crippen LogP contribution in [0.25, 0.3) is 10.1 Å². The van der Waals surface area contributed by atoms with Gasteiger partial charge < -0.3 is 5.11 Å². The summed E-state index contributed by atoms with van der Waals surface area (Å²) >= 11 is 2.84. The van der Waals surface area contributed by atoms with E-state index in [9.17, 15) is 9.50 Å². The molecule has 1 aromatic heterocycles. The Morgan fingerprint density at radius 3 is 2.92 bits per heavy atom. The molecule has 1 heterocycles. The fraction of sp³-hybridized carbons (Fsp3) is 0.111. The number of thioether (sulfide) groups is 1. The SMILES string of the molecule is CSc1cc(O)c2c(F)csc2c1. The first kappa shape index (κ1) is 8.84. The molecule has 1 aromatic carbocycles. The molecule has 2 rings (SSSR count). The molecule has 0 fully saturated rings. The zero-order chi connectivity index (χ0) is 9.42. The average molecular weight is 214 g/mol. The largest absolute Gasteiger partial charge is 0.507 e. The number of thiophene rings is 1. The van der Waals surface area contributed by atoms with Gasteiger partial charge in [0, 0.05) is 15.0 Å². The minimum Gasteiger partial charge on any atom is -0.507 e. The Kier molecular flexibility index (Phi) is 2.17. The number of fused-ring (bicyclic) bond motifs is 1. The van der Waals surface area contributed by atoms with Crippen LogP contribution < -0.4 is 0 Å². The molecule has 1 N–H and O–H groups in total. The normalized spacial score (nSPS) is 10.9. The molecule has 0 unspecified atom stereocenters. The highest BCUT2D eigenvalue weighted by atomic mass is 32.2. The van der Waals surface area contributed by atoms with Crippen molar-refractivity contribution in [3.63, 3.8) is 0 Å². The predicted molar refractivity (Wildman–Crippen MR) is 55.2 cm³/mol. The van der Waals surface area contributed by atoms with E-state index in [4.69, 9.17) is 0 Å². The summed E-state index contributed by atoms with van der Waals surface area (Å²) in [4.78, 5) is 0.951. The zero-order valence-electron chi connectivity index (χ0n) is 6.87. The van der Waals surface area contributed by atoms with Gasteiger partial charge in [0.1, 0.15) is 11.6 Å². The fourth-order valence-electron chi connectivity index (χ4n) is 1.20. The third-order valence-corrected chi connectivity index (χ3v) is 3.43.